The van der Waals surface area contributed by atoms with Crippen molar-refractivity contribution < 1.29 is 9.53 Å². The minimum atomic E-state index is -0.335. The molecule has 15 heavy (non-hydrogen) atoms. The molecule has 2 unspecified atom stereocenters. The summed E-state index contributed by atoms with van der Waals surface area (Å²) in [4.78, 5) is 16.3. The predicted molar refractivity (Wildman–Crippen MR) is 60.3 cm³/mol. The van der Waals surface area contributed by atoms with Gasteiger partial charge in [0.05, 0.1) is 12.5 Å². The summed E-state index contributed by atoms with van der Waals surface area (Å²) in [5.41, 5.74) is 6.48. The molecule has 0 aromatic heterocycles. The van der Waals surface area contributed by atoms with Crippen molar-refractivity contribution >= 4 is 23.9 Å². The van der Waals surface area contributed by atoms with E-state index < -0.39 is 0 Å². The van der Waals surface area contributed by atoms with Gasteiger partial charge in [0, 0.05) is 11.9 Å². The van der Waals surface area contributed by atoms with Crippen LogP contribution in [0.25, 0.3) is 0 Å². The number of nitrogens with two attached hydrogens (primary N) is 1. The number of hydrogen-bond donors (Lipinski definition) is 1. The molecule has 0 fully saturated rings. The van der Waals surface area contributed by atoms with E-state index >= 15 is 0 Å². The third kappa shape index (κ3) is 1.79. The zero-order valence-electron chi connectivity index (χ0n) is 8.34. The lowest BCUT2D eigenvalue weighted by Crippen LogP contribution is -2.18. The minimum Gasteiger partial charge on any atom is -0.462 e. The molecule has 2 atom stereocenters. The first-order valence-corrected chi connectivity index (χ1v) is 5.65. The molecule has 5 heteroatoms. The highest BCUT2D eigenvalue weighted by Gasteiger charge is 2.36. The molecule has 2 aliphatic rings. The first-order valence-electron chi connectivity index (χ1n) is 4.77. The maximum absolute atomic E-state index is 11.5. The molecule has 0 aromatic carbocycles. The maximum Gasteiger partial charge on any atom is 0.346 e. The summed E-state index contributed by atoms with van der Waals surface area (Å²) >= 11 is 1.38. The van der Waals surface area contributed by atoms with Gasteiger partial charge in [0.25, 0.3) is 0 Å². The van der Waals surface area contributed by atoms with Crippen molar-refractivity contribution in [1.29, 1.82) is 0 Å². The Kier molecular flexibility index (Phi) is 2.81. The van der Waals surface area contributed by atoms with E-state index in [1.165, 1.54) is 11.8 Å². The fourth-order valence-corrected chi connectivity index (χ4v) is 2.74. The van der Waals surface area contributed by atoms with Crippen LogP contribution in [-0.2, 0) is 9.53 Å². The molecule has 0 amide bonds. The minimum absolute atomic E-state index is 0.00871. The number of carbonyl (C=O) groups excluding carboxylic acids is 1. The summed E-state index contributed by atoms with van der Waals surface area (Å²) in [6, 6.07) is 0. The lowest BCUT2D eigenvalue weighted by Gasteiger charge is -2.14. The van der Waals surface area contributed by atoms with Crippen molar-refractivity contribution in [3.05, 3.63) is 22.8 Å². The fraction of sp³-hybridized carbons (Fsp3) is 0.400. The highest BCUT2D eigenvalue weighted by atomic mass is 32.2. The van der Waals surface area contributed by atoms with Gasteiger partial charge in [-0.3, -0.25) is 4.99 Å². The average Bonchev–Trinajstić information content (AvgIpc) is 2.57. The molecule has 0 spiro atoms. The number of allylic oxidation sites excluding steroid dienone is 1. The summed E-state index contributed by atoms with van der Waals surface area (Å²) < 4.78 is 4.93. The monoisotopic (exact) mass is 224 g/mol. The average molecular weight is 224 g/mol. The van der Waals surface area contributed by atoms with Gasteiger partial charge in [-0.05, 0) is 13.0 Å². The topological polar surface area (TPSA) is 64.7 Å². The van der Waals surface area contributed by atoms with Crippen LogP contribution in [0.4, 0.5) is 0 Å². The molecule has 0 saturated carbocycles. The van der Waals surface area contributed by atoms with Crippen LogP contribution >= 0.6 is 11.8 Å². The molecule has 2 aliphatic heterocycles. The van der Waals surface area contributed by atoms with Gasteiger partial charge in [-0.2, -0.15) is 0 Å². The number of ether oxygens (including phenoxy) is 1. The Morgan fingerprint density at radius 1 is 1.73 bits per heavy atom. The Labute approximate surface area is 92.3 Å². The number of nitrogens with zero attached hydrogens (tertiary/aromatic N) is 1. The highest BCUT2D eigenvalue weighted by molar-refractivity contribution is 8.04. The fourth-order valence-electron chi connectivity index (χ4n) is 1.56. The molecule has 4 nitrogen and oxygen atoms in total. The number of rotatable bonds is 2. The first-order chi connectivity index (χ1) is 7.24. The smallest absolute Gasteiger partial charge is 0.346 e. The number of carbonyl (C=O) groups is 1. The van der Waals surface area contributed by atoms with Crippen LogP contribution in [0.3, 0.4) is 0 Å². The third-order valence-corrected chi connectivity index (χ3v) is 3.56. The van der Waals surface area contributed by atoms with Gasteiger partial charge in [-0.15, -0.1) is 0 Å². The van der Waals surface area contributed by atoms with E-state index in [0.29, 0.717) is 17.2 Å². The van der Waals surface area contributed by atoms with Gasteiger partial charge in [0.1, 0.15) is 10.3 Å². The summed E-state index contributed by atoms with van der Waals surface area (Å²) in [6.07, 6.45) is 5.55. The van der Waals surface area contributed by atoms with Crippen LogP contribution in [0.5, 0.6) is 0 Å². The Bertz CT molecular complexity index is 374. The van der Waals surface area contributed by atoms with Gasteiger partial charge in [-0.1, -0.05) is 17.8 Å². The molecule has 0 aromatic rings. The molecule has 2 N–H and O–H groups in total. The SMILES string of the molecule is CCOC(=O)C1=C(N)C2C=CC=NC2S1. The lowest BCUT2D eigenvalue weighted by atomic mass is 10.0. The zero-order chi connectivity index (χ0) is 10.8. The quantitative estimate of drug-likeness (QED) is 0.712. The highest BCUT2D eigenvalue weighted by Crippen LogP contribution is 2.42. The zero-order valence-corrected chi connectivity index (χ0v) is 9.16. The second-order valence-corrected chi connectivity index (χ2v) is 4.35. The number of dihydropyridines is 1. The van der Waals surface area contributed by atoms with Gasteiger partial charge in [-0.25, -0.2) is 4.79 Å². The largest absolute Gasteiger partial charge is 0.462 e. The molecular weight excluding hydrogens is 212 g/mol. The third-order valence-electron chi connectivity index (χ3n) is 2.27. The Morgan fingerprint density at radius 3 is 3.20 bits per heavy atom. The Morgan fingerprint density at radius 2 is 2.53 bits per heavy atom. The number of aliphatic imine (C=N–C) groups is 1. The van der Waals surface area contributed by atoms with Crippen LogP contribution in [0, 0.1) is 5.92 Å². The van der Waals surface area contributed by atoms with E-state index in [2.05, 4.69) is 4.99 Å². The standard InChI is InChI=1S/C10H12N2O2S/c1-2-14-10(13)8-7(11)6-4-3-5-12-9(6)15-8/h3-6,9H,2,11H2,1H3. The number of esters is 1. The molecule has 80 valence electrons. The second-order valence-electron chi connectivity index (χ2n) is 3.22. The number of thioether (sulfide) groups is 1. The summed E-state index contributed by atoms with van der Waals surface area (Å²) in [6.45, 7) is 2.14. The van der Waals surface area contributed by atoms with Crippen molar-refractivity contribution in [2.75, 3.05) is 6.61 Å². The predicted octanol–water partition coefficient (Wildman–Crippen LogP) is 1.05. The van der Waals surface area contributed by atoms with Gasteiger partial charge in [0.15, 0.2) is 0 Å². The van der Waals surface area contributed by atoms with Crippen LogP contribution in [0.1, 0.15) is 6.92 Å². The number of hydrogen-bond acceptors (Lipinski definition) is 5. The van der Waals surface area contributed by atoms with Crippen LogP contribution in [0.2, 0.25) is 0 Å². The molecule has 0 aliphatic carbocycles. The van der Waals surface area contributed by atoms with E-state index in [1.807, 2.05) is 12.2 Å². The molecule has 2 rings (SSSR count). The second kappa shape index (κ2) is 4.10. The molecule has 2 heterocycles. The van der Waals surface area contributed by atoms with Crippen molar-refractivity contribution in [3.63, 3.8) is 0 Å². The Balaban J connectivity index is 2.20. The van der Waals surface area contributed by atoms with Gasteiger partial charge >= 0.3 is 5.97 Å². The van der Waals surface area contributed by atoms with Crippen molar-refractivity contribution in [1.82, 2.24) is 0 Å². The van der Waals surface area contributed by atoms with E-state index in [9.17, 15) is 4.79 Å². The first kappa shape index (κ1) is 10.3. The normalized spacial score (nSPS) is 28.1. The van der Waals surface area contributed by atoms with Crippen LogP contribution in [-0.4, -0.2) is 24.2 Å². The maximum atomic E-state index is 11.5. The molecular formula is C10H12N2O2S. The lowest BCUT2D eigenvalue weighted by molar-refractivity contribution is -0.137. The molecule has 0 bridgehead atoms. The summed E-state index contributed by atoms with van der Waals surface area (Å²) in [5.74, 6) is -0.294. The number of fused-ring (bicyclic) bond motifs is 1. The Hall–Kier alpha value is -1.23. The van der Waals surface area contributed by atoms with Crippen molar-refractivity contribution in [3.8, 4) is 0 Å². The van der Waals surface area contributed by atoms with Crippen molar-refractivity contribution in [2.45, 2.75) is 12.3 Å². The molecule has 0 saturated heterocycles. The van der Waals surface area contributed by atoms with E-state index in [0.717, 1.165) is 0 Å². The summed E-state index contributed by atoms with van der Waals surface area (Å²) in [7, 11) is 0. The molecule has 0 radical (unpaired) electrons. The van der Waals surface area contributed by atoms with Crippen molar-refractivity contribution in [2.24, 2.45) is 16.6 Å². The summed E-state index contributed by atoms with van der Waals surface area (Å²) in [5, 5.41) is 0.00871. The van der Waals surface area contributed by atoms with E-state index in [-0.39, 0.29) is 17.3 Å². The van der Waals surface area contributed by atoms with Gasteiger partial charge < -0.3 is 10.5 Å². The van der Waals surface area contributed by atoms with Crippen LogP contribution < -0.4 is 5.73 Å². The van der Waals surface area contributed by atoms with E-state index in [1.54, 1.807) is 13.1 Å². The van der Waals surface area contributed by atoms with Crippen LogP contribution in [0.15, 0.2) is 27.7 Å². The van der Waals surface area contributed by atoms with E-state index in [4.69, 9.17) is 10.5 Å². The van der Waals surface area contributed by atoms with Gasteiger partial charge in [0.2, 0.25) is 0 Å².